The van der Waals surface area contributed by atoms with Crippen LogP contribution in [0.2, 0.25) is 0 Å². The molecule has 1 atom stereocenters. The van der Waals surface area contributed by atoms with Crippen molar-refractivity contribution in [3.8, 4) is 11.5 Å². The first-order chi connectivity index (χ1) is 11.1. The molecule has 0 aliphatic rings. The first-order valence-corrected chi connectivity index (χ1v) is 8.20. The Morgan fingerprint density at radius 1 is 1.43 bits per heavy atom. The molecule has 5 nitrogen and oxygen atoms in total. The number of nitrogens with zero attached hydrogens (tertiary/aromatic N) is 1. The molecule has 0 saturated carbocycles. The molecule has 0 unspecified atom stereocenters. The van der Waals surface area contributed by atoms with Crippen molar-refractivity contribution in [2.75, 3.05) is 13.7 Å². The quantitative estimate of drug-likeness (QED) is 0.789. The Labute approximate surface area is 140 Å². The molecular weight excluding hydrogens is 312 g/mol. The summed E-state index contributed by atoms with van der Waals surface area (Å²) in [5, 5.41) is 5.59. The van der Waals surface area contributed by atoms with Crippen LogP contribution in [0.4, 0.5) is 0 Å². The van der Waals surface area contributed by atoms with Gasteiger partial charge in [-0.1, -0.05) is 6.07 Å². The van der Waals surface area contributed by atoms with E-state index in [1.807, 2.05) is 37.4 Å². The van der Waals surface area contributed by atoms with E-state index in [0.717, 1.165) is 10.6 Å². The highest BCUT2D eigenvalue weighted by Crippen LogP contribution is 2.30. The number of ether oxygens (including phenoxy) is 2. The van der Waals surface area contributed by atoms with E-state index in [1.165, 1.54) is 17.4 Å². The molecule has 0 bridgehead atoms. The van der Waals surface area contributed by atoms with E-state index in [-0.39, 0.29) is 11.9 Å². The van der Waals surface area contributed by atoms with Crippen LogP contribution in [0.1, 0.15) is 30.5 Å². The number of hydrogen-bond acceptors (Lipinski definition) is 5. The van der Waals surface area contributed by atoms with Gasteiger partial charge in [0.25, 0.3) is 0 Å². The molecule has 0 saturated heterocycles. The minimum atomic E-state index is -0.166. The Hall–Kier alpha value is -2.34. The maximum atomic E-state index is 12.0. The molecule has 23 heavy (non-hydrogen) atoms. The number of aromatic nitrogens is 1. The summed E-state index contributed by atoms with van der Waals surface area (Å²) in [5.74, 6) is 1.19. The zero-order valence-electron chi connectivity index (χ0n) is 13.4. The Morgan fingerprint density at radius 3 is 2.91 bits per heavy atom. The molecule has 1 heterocycles. The van der Waals surface area contributed by atoms with Crippen LogP contribution < -0.4 is 14.8 Å². The van der Waals surface area contributed by atoms with Gasteiger partial charge in [-0.15, -0.1) is 11.3 Å². The molecule has 2 rings (SSSR count). The molecule has 0 aliphatic carbocycles. The highest BCUT2D eigenvalue weighted by Gasteiger charge is 2.11. The molecule has 2 aromatic rings. The summed E-state index contributed by atoms with van der Waals surface area (Å²) < 4.78 is 10.8. The van der Waals surface area contributed by atoms with Crippen molar-refractivity contribution in [2.45, 2.75) is 19.9 Å². The number of hydrogen-bond donors (Lipinski definition) is 1. The maximum Gasteiger partial charge on any atom is 0.244 e. The van der Waals surface area contributed by atoms with E-state index in [0.29, 0.717) is 18.1 Å². The molecule has 6 heteroatoms. The van der Waals surface area contributed by atoms with Crippen LogP contribution in [-0.4, -0.2) is 24.6 Å². The predicted molar refractivity (Wildman–Crippen MR) is 91.9 cm³/mol. The van der Waals surface area contributed by atoms with Gasteiger partial charge in [0.2, 0.25) is 5.91 Å². The van der Waals surface area contributed by atoms with Crippen LogP contribution in [0, 0.1) is 0 Å². The number of amides is 1. The fourth-order valence-corrected chi connectivity index (χ4v) is 2.57. The lowest BCUT2D eigenvalue weighted by Crippen LogP contribution is -2.24. The van der Waals surface area contributed by atoms with Crippen LogP contribution in [0.15, 0.2) is 35.9 Å². The highest BCUT2D eigenvalue weighted by atomic mass is 32.1. The van der Waals surface area contributed by atoms with Crippen molar-refractivity contribution >= 4 is 23.3 Å². The Morgan fingerprint density at radius 2 is 2.26 bits per heavy atom. The second-order valence-electron chi connectivity index (χ2n) is 4.78. The van der Waals surface area contributed by atoms with Gasteiger partial charge >= 0.3 is 0 Å². The molecule has 1 N–H and O–H groups in total. The largest absolute Gasteiger partial charge is 0.493 e. The number of methoxy groups -OCH3 is 1. The Balaban J connectivity index is 2.02. The number of rotatable bonds is 7. The van der Waals surface area contributed by atoms with E-state index in [2.05, 4.69) is 10.3 Å². The molecule has 1 aromatic carbocycles. The van der Waals surface area contributed by atoms with E-state index in [4.69, 9.17) is 9.47 Å². The zero-order valence-corrected chi connectivity index (χ0v) is 14.2. The van der Waals surface area contributed by atoms with Crippen molar-refractivity contribution in [2.24, 2.45) is 0 Å². The lowest BCUT2D eigenvalue weighted by Gasteiger charge is -2.16. The third-order valence-corrected chi connectivity index (χ3v) is 3.92. The average Bonchev–Trinajstić information content (AvgIpc) is 3.07. The normalized spacial score (nSPS) is 12.1. The van der Waals surface area contributed by atoms with Crippen LogP contribution in [-0.2, 0) is 4.79 Å². The predicted octanol–water partition coefficient (Wildman–Crippen LogP) is 3.44. The second-order valence-corrected chi connectivity index (χ2v) is 5.70. The summed E-state index contributed by atoms with van der Waals surface area (Å²) in [6, 6.07) is 5.50. The van der Waals surface area contributed by atoms with Gasteiger partial charge < -0.3 is 14.8 Å². The number of carbonyl (C=O) groups is 1. The fourth-order valence-electron chi connectivity index (χ4n) is 2.04. The summed E-state index contributed by atoms with van der Waals surface area (Å²) >= 11 is 1.48. The van der Waals surface area contributed by atoms with E-state index < -0.39 is 0 Å². The second kappa shape index (κ2) is 8.33. The van der Waals surface area contributed by atoms with Crippen LogP contribution in [0.25, 0.3) is 6.08 Å². The molecule has 0 aliphatic heterocycles. The van der Waals surface area contributed by atoms with E-state index in [1.54, 1.807) is 19.4 Å². The lowest BCUT2D eigenvalue weighted by atomic mass is 10.1. The molecular formula is C17H20N2O3S. The first-order valence-electron chi connectivity index (χ1n) is 7.32. The molecule has 1 amide bonds. The third-order valence-electron chi connectivity index (χ3n) is 3.17. The number of carbonyl (C=O) groups excluding carboxylic acids is 1. The first kappa shape index (κ1) is 17.0. The van der Waals surface area contributed by atoms with Gasteiger partial charge in [0, 0.05) is 17.7 Å². The average molecular weight is 332 g/mol. The van der Waals surface area contributed by atoms with Crippen LogP contribution >= 0.6 is 11.3 Å². The van der Waals surface area contributed by atoms with E-state index in [9.17, 15) is 4.79 Å². The van der Waals surface area contributed by atoms with Crippen molar-refractivity contribution in [1.29, 1.82) is 0 Å². The molecule has 122 valence electrons. The smallest absolute Gasteiger partial charge is 0.244 e. The van der Waals surface area contributed by atoms with Crippen molar-refractivity contribution in [3.63, 3.8) is 0 Å². The fraction of sp³-hybridized carbons (Fsp3) is 0.294. The number of benzene rings is 1. The summed E-state index contributed by atoms with van der Waals surface area (Å²) in [4.78, 5) is 16.1. The summed E-state index contributed by atoms with van der Waals surface area (Å²) in [6.45, 7) is 4.42. The van der Waals surface area contributed by atoms with Crippen molar-refractivity contribution < 1.29 is 14.3 Å². The Kier molecular flexibility index (Phi) is 6.17. The van der Waals surface area contributed by atoms with Gasteiger partial charge in [-0.2, -0.15) is 0 Å². The topological polar surface area (TPSA) is 60.5 Å². The third kappa shape index (κ3) is 4.82. The van der Waals surface area contributed by atoms with Gasteiger partial charge in [-0.05, 0) is 37.6 Å². The number of thiazole rings is 1. The molecule has 0 spiro atoms. The standard InChI is InChI=1S/C17H20N2O3S/c1-4-22-14-6-5-13(11-15(14)21-3)12(2)19-16(20)7-8-17-18-9-10-23-17/h5-12H,4H2,1-3H3,(H,19,20)/b8-7+/t12-/m0/s1. The van der Waals surface area contributed by atoms with Gasteiger partial charge in [-0.3, -0.25) is 4.79 Å². The minimum absolute atomic E-state index is 0.145. The van der Waals surface area contributed by atoms with Gasteiger partial charge in [0.05, 0.1) is 19.8 Å². The van der Waals surface area contributed by atoms with Gasteiger partial charge in [0.15, 0.2) is 11.5 Å². The van der Waals surface area contributed by atoms with Gasteiger partial charge in [-0.25, -0.2) is 4.98 Å². The summed E-state index contributed by atoms with van der Waals surface area (Å²) in [5.41, 5.74) is 0.946. The lowest BCUT2D eigenvalue weighted by molar-refractivity contribution is -0.117. The summed E-state index contributed by atoms with van der Waals surface area (Å²) in [6.07, 6.45) is 4.89. The number of nitrogens with one attached hydrogen (secondary N) is 1. The minimum Gasteiger partial charge on any atom is -0.493 e. The van der Waals surface area contributed by atoms with Crippen molar-refractivity contribution in [1.82, 2.24) is 10.3 Å². The van der Waals surface area contributed by atoms with Crippen LogP contribution in [0.3, 0.4) is 0 Å². The van der Waals surface area contributed by atoms with E-state index >= 15 is 0 Å². The molecule has 0 fully saturated rings. The maximum absolute atomic E-state index is 12.0. The van der Waals surface area contributed by atoms with Gasteiger partial charge in [0.1, 0.15) is 5.01 Å². The monoisotopic (exact) mass is 332 g/mol. The zero-order chi connectivity index (χ0) is 16.7. The SMILES string of the molecule is CCOc1ccc([C@H](C)NC(=O)/C=C/c2nccs2)cc1OC. The Bertz CT molecular complexity index is 668. The highest BCUT2D eigenvalue weighted by molar-refractivity contribution is 7.10. The van der Waals surface area contributed by atoms with Crippen LogP contribution in [0.5, 0.6) is 11.5 Å². The molecule has 1 aromatic heterocycles. The molecule has 0 radical (unpaired) electrons. The summed E-state index contributed by atoms with van der Waals surface area (Å²) in [7, 11) is 1.60. The van der Waals surface area contributed by atoms with Crippen molar-refractivity contribution in [3.05, 3.63) is 46.4 Å².